The van der Waals surface area contributed by atoms with Crippen LogP contribution < -0.4 is 5.73 Å². The number of nitrogen functional groups attached to an aromatic ring is 1. The lowest BCUT2D eigenvalue weighted by molar-refractivity contribution is -0.131. The number of ether oxygens (including phenoxy) is 1. The van der Waals surface area contributed by atoms with Crippen LogP contribution in [0.5, 0.6) is 0 Å². The highest BCUT2D eigenvalue weighted by molar-refractivity contribution is 5.92. The molecule has 0 heterocycles. The van der Waals surface area contributed by atoms with Crippen molar-refractivity contribution in [2.24, 2.45) is 0 Å². The third kappa shape index (κ3) is 3.44. The summed E-state index contributed by atoms with van der Waals surface area (Å²) in [5.41, 5.74) is 5.39. The molecule has 2 N–H and O–H groups in total. The fourth-order valence-electron chi connectivity index (χ4n) is 1.03. The monoisotopic (exact) mass is 240 g/mol. The van der Waals surface area contributed by atoms with Gasteiger partial charge in [-0.1, -0.05) is 0 Å². The van der Waals surface area contributed by atoms with Gasteiger partial charge in [0.2, 0.25) is 0 Å². The van der Waals surface area contributed by atoms with Gasteiger partial charge in [-0.05, 0) is 18.2 Å². The average molecular weight is 240 g/mol. The van der Waals surface area contributed by atoms with Crippen molar-refractivity contribution in [2.45, 2.75) is 0 Å². The Morgan fingerprint density at radius 3 is 2.65 bits per heavy atom. The maximum Gasteiger partial charge on any atom is 0.341 e. The summed E-state index contributed by atoms with van der Waals surface area (Å²) in [5.74, 6) is -2.03. The number of amides is 1. The molecule has 0 saturated carbocycles. The standard InChI is InChI=1S/C11H13FN2O3/c1-14(2)10(15)6-17-11(16)8-5-7(13)3-4-9(8)12/h3-5H,6,13H2,1-2H3. The number of carbonyl (C=O) groups is 2. The Bertz CT molecular complexity index is 446. The second kappa shape index (κ2) is 5.29. The Morgan fingerprint density at radius 2 is 2.06 bits per heavy atom. The summed E-state index contributed by atoms with van der Waals surface area (Å²) in [6.45, 7) is -0.430. The van der Waals surface area contributed by atoms with Gasteiger partial charge in [0.1, 0.15) is 5.82 Å². The molecule has 0 aliphatic carbocycles. The molecule has 0 radical (unpaired) electrons. The van der Waals surface area contributed by atoms with Crippen LogP contribution in [-0.2, 0) is 9.53 Å². The van der Waals surface area contributed by atoms with Crippen LogP contribution in [0.15, 0.2) is 18.2 Å². The molecule has 6 heteroatoms. The van der Waals surface area contributed by atoms with Gasteiger partial charge in [-0.3, -0.25) is 4.79 Å². The third-order valence-corrected chi connectivity index (χ3v) is 2.04. The molecule has 0 saturated heterocycles. The molecule has 1 aromatic carbocycles. The Hall–Kier alpha value is -2.11. The van der Waals surface area contributed by atoms with Gasteiger partial charge in [-0.2, -0.15) is 0 Å². The van der Waals surface area contributed by atoms with E-state index in [1.165, 1.54) is 25.1 Å². The average Bonchev–Trinajstić information content (AvgIpc) is 2.28. The number of nitrogens with two attached hydrogens (primary N) is 1. The predicted octanol–water partition coefficient (Wildman–Crippen LogP) is 0.653. The Morgan fingerprint density at radius 1 is 1.41 bits per heavy atom. The summed E-state index contributed by atoms with van der Waals surface area (Å²) in [6.07, 6.45) is 0. The van der Waals surface area contributed by atoms with Crippen molar-refractivity contribution in [2.75, 3.05) is 26.4 Å². The van der Waals surface area contributed by atoms with Crippen LogP contribution in [0.1, 0.15) is 10.4 Å². The number of likely N-dealkylation sites (N-methyl/N-ethyl adjacent to an activating group) is 1. The van der Waals surface area contributed by atoms with Gasteiger partial charge in [0.15, 0.2) is 6.61 Å². The molecule has 0 spiro atoms. The van der Waals surface area contributed by atoms with Crippen molar-refractivity contribution >= 4 is 17.6 Å². The highest BCUT2D eigenvalue weighted by Gasteiger charge is 2.15. The van der Waals surface area contributed by atoms with Gasteiger partial charge in [0.05, 0.1) is 5.56 Å². The minimum absolute atomic E-state index is 0.247. The number of hydrogen-bond donors (Lipinski definition) is 1. The Balaban J connectivity index is 2.70. The molecular formula is C11H13FN2O3. The number of esters is 1. The largest absolute Gasteiger partial charge is 0.452 e. The van der Waals surface area contributed by atoms with Crippen molar-refractivity contribution < 1.29 is 18.7 Å². The minimum Gasteiger partial charge on any atom is -0.452 e. The molecule has 0 aromatic heterocycles. The number of rotatable bonds is 3. The number of nitrogens with zero attached hydrogens (tertiary/aromatic N) is 1. The molecule has 1 rings (SSSR count). The van der Waals surface area contributed by atoms with E-state index in [1.807, 2.05) is 0 Å². The molecule has 1 amide bonds. The van der Waals surface area contributed by atoms with E-state index in [0.29, 0.717) is 0 Å². The number of carbonyl (C=O) groups excluding carboxylic acids is 2. The third-order valence-electron chi connectivity index (χ3n) is 2.04. The van der Waals surface area contributed by atoms with Gasteiger partial charge in [0.25, 0.3) is 5.91 Å². The highest BCUT2D eigenvalue weighted by atomic mass is 19.1. The van der Waals surface area contributed by atoms with E-state index in [-0.39, 0.29) is 17.2 Å². The first-order valence-corrected chi connectivity index (χ1v) is 4.84. The van der Waals surface area contributed by atoms with E-state index < -0.39 is 18.4 Å². The van der Waals surface area contributed by atoms with E-state index in [9.17, 15) is 14.0 Å². The van der Waals surface area contributed by atoms with E-state index in [2.05, 4.69) is 4.74 Å². The zero-order chi connectivity index (χ0) is 13.0. The first kappa shape index (κ1) is 13.0. The Kier molecular flexibility index (Phi) is 4.03. The maximum absolute atomic E-state index is 13.3. The van der Waals surface area contributed by atoms with Gasteiger partial charge in [-0.15, -0.1) is 0 Å². The lowest BCUT2D eigenvalue weighted by Crippen LogP contribution is -2.27. The normalized spacial score (nSPS) is 9.82. The number of benzene rings is 1. The summed E-state index contributed by atoms with van der Waals surface area (Å²) >= 11 is 0. The fourth-order valence-corrected chi connectivity index (χ4v) is 1.03. The van der Waals surface area contributed by atoms with Gasteiger partial charge < -0.3 is 15.4 Å². The summed E-state index contributed by atoms with van der Waals surface area (Å²) in [5, 5.41) is 0. The van der Waals surface area contributed by atoms with Crippen LogP contribution in [0, 0.1) is 5.82 Å². The molecule has 0 fully saturated rings. The van der Waals surface area contributed by atoms with E-state index >= 15 is 0 Å². The maximum atomic E-state index is 13.3. The number of hydrogen-bond acceptors (Lipinski definition) is 4. The zero-order valence-electron chi connectivity index (χ0n) is 9.57. The smallest absolute Gasteiger partial charge is 0.341 e. The van der Waals surface area contributed by atoms with E-state index in [0.717, 1.165) is 12.1 Å². The lowest BCUT2D eigenvalue weighted by atomic mass is 10.2. The number of halogens is 1. The first-order valence-electron chi connectivity index (χ1n) is 4.84. The van der Waals surface area contributed by atoms with Gasteiger partial charge in [0, 0.05) is 19.8 Å². The summed E-state index contributed by atoms with van der Waals surface area (Å²) in [7, 11) is 3.05. The van der Waals surface area contributed by atoms with Crippen LogP contribution in [0.2, 0.25) is 0 Å². The SMILES string of the molecule is CN(C)C(=O)COC(=O)c1cc(N)ccc1F. The Labute approximate surface area is 98.0 Å². The van der Waals surface area contributed by atoms with Crippen LogP contribution in [0.3, 0.4) is 0 Å². The first-order chi connectivity index (χ1) is 7.91. The fraction of sp³-hybridized carbons (Fsp3) is 0.273. The van der Waals surface area contributed by atoms with Crippen LogP contribution >= 0.6 is 0 Å². The molecule has 17 heavy (non-hydrogen) atoms. The van der Waals surface area contributed by atoms with Crippen molar-refractivity contribution in [3.63, 3.8) is 0 Å². The summed E-state index contributed by atoms with van der Waals surface area (Å²) < 4.78 is 17.9. The van der Waals surface area contributed by atoms with Crippen LogP contribution in [-0.4, -0.2) is 37.5 Å². The lowest BCUT2D eigenvalue weighted by Gasteiger charge is -2.10. The van der Waals surface area contributed by atoms with Crippen molar-refractivity contribution in [3.05, 3.63) is 29.6 Å². The number of anilines is 1. The van der Waals surface area contributed by atoms with Crippen molar-refractivity contribution in [1.82, 2.24) is 4.90 Å². The van der Waals surface area contributed by atoms with Gasteiger partial charge in [-0.25, -0.2) is 9.18 Å². The molecule has 1 aromatic rings. The molecular weight excluding hydrogens is 227 g/mol. The second-order valence-corrected chi connectivity index (χ2v) is 3.60. The molecule has 0 atom stereocenters. The second-order valence-electron chi connectivity index (χ2n) is 3.60. The summed E-state index contributed by atoms with van der Waals surface area (Å²) in [6, 6.07) is 3.56. The van der Waals surface area contributed by atoms with E-state index in [4.69, 9.17) is 5.73 Å². The predicted molar refractivity (Wildman–Crippen MR) is 59.8 cm³/mol. The topological polar surface area (TPSA) is 72.6 Å². The van der Waals surface area contributed by atoms with Gasteiger partial charge >= 0.3 is 5.97 Å². The van der Waals surface area contributed by atoms with Crippen molar-refractivity contribution in [1.29, 1.82) is 0 Å². The molecule has 0 bridgehead atoms. The molecule has 5 nitrogen and oxygen atoms in total. The molecule has 0 unspecified atom stereocenters. The van der Waals surface area contributed by atoms with Crippen LogP contribution in [0.25, 0.3) is 0 Å². The van der Waals surface area contributed by atoms with Crippen LogP contribution in [0.4, 0.5) is 10.1 Å². The highest BCUT2D eigenvalue weighted by Crippen LogP contribution is 2.13. The minimum atomic E-state index is -0.912. The van der Waals surface area contributed by atoms with E-state index in [1.54, 1.807) is 0 Å². The summed E-state index contributed by atoms with van der Waals surface area (Å²) in [4.78, 5) is 23.9. The zero-order valence-corrected chi connectivity index (χ0v) is 9.57. The molecule has 92 valence electrons. The van der Waals surface area contributed by atoms with Crippen molar-refractivity contribution in [3.8, 4) is 0 Å². The molecule has 0 aliphatic heterocycles. The molecule has 0 aliphatic rings. The quantitative estimate of drug-likeness (QED) is 0.622.